The zero-order valence-electron chi connectivity index (χ0n) is 12.1. The molecule has 0 aliphatic carbocycles. The second kappa shape index (κ2) is 9.75. The van der Waals surface area contributed by atoms with Crippen molar-refractivity contribution in [1.82, 2.24) is 4.90 Å². The summed E-state index contributed by atoms with van der Waals surface area (Å²) < 4.78 is 30.3. The van der Waals surface area contributed by atoms with Crippen LogP contribution in [-0.2, 0) is 10.1 Å². The largest absolute Gasteiger partial charge is 0.306 e. The van der Waals surface area contributed by atoms with Crippen molar-refractivity contribution in [1.29, 1.82) is 0 Å². The third-order valence-corrected chi connectivity index (χ3v) is 4.08. The van der Waals surface area contributed by atoms with Gasteiger partial charge in [0.25, 0.3) is 10.1 Å². The predicted octanol–water partition coefficient (Wildman–Crippen LogP) is 2.95. The van der Waals surface area contributed by atoms with E-state index < -0.39 is 10.1 Å². The minimum absolute atomic E-state index is 0.133. The molecule has 0 aromatic rings. The van der Waals surface area contributed by atoms with Crippen LogP contribution in [0, 0.1) is 0 Å². The molecule has 0 aliphatic rings. The molecule has 0 bridgehead atoms. The third-order valence-electron chi connectivity index (χ3n) is 3.33. The number of hydrogen-bond donors (Lipinski definition) is 1. The number of nitrogens with zero attached hydrogens (tertiary/aromatic N) is 1. The maximum atomic E-state index is 10.7. The molecule has 4 nitrogen and oxygen atoms in total. The first-order chi connectivity index (χ1) is 8.37. The normalized spacial score (nSPS) is 14.1. The lowest BCUT2D eigenvalue weighted by atomic mass is 10.0. The average molecular weight is 279 g/mol. The molecule has 0 aromatic heterocycles. The molecule has 0 fully saturated rings. The average Bonchev–Trinajstić information content (AvgIpc) is 2.25. The van der Waals surface area contributed by atoms with Gasteiger partial charge in [-0.15, -0.1) is 0 Å². The molecule has 0 aromatic carbocycles. The van der Waals surface area contributed by atoms with Crippen molar-refractivity contribution in [3.63, 3.8) is 0 Å². The molecule has 5 heteroatoms. The quantitative estimate of drug-likeness (QED) is 0.466. The Kier molecular flexibility index (Phi) is 9.68. The van der Waals surface area contributed by atoms with E-state index in [4.69, 9.17) is 4.55 Å². The maximum absolute atomic E-state index is 10.7. The summed E-state index contributed by atoms with van der Waals surface area (Å²) in [4.78, 5) is 2.05. The molecule has 1 unspecified atom stereocenters. The second-order valence-electron chi connectivity index (χ2n) is 5.25. The molecular formula is C13H29NO3S. The van der Waals surface area contributed by atoms with Gasteiger partial charge in [-0.05, 0) is 26.9 Å². The van der Waals surface area contributed by atoms with Gasteiger partial charge < -0.3 is 4.90 Å². The fraction of sp³-hybridized carbons (Fsp3) is 1.00. The van der Waals surface area contributed by atoms with Crippen LogP contribution in [-0.4, -0.2) is 43.8 Å². The highest BCUT2D eigenvalue weighted by Gasteiger charge is 2.14. The molecular weight excluding hydrogens is 250 g/mol. The Bertz CT molecular complexity index is 289. The van der Waals surface area contributed by atoms with Crippen molar-refractivity contribution in [3.8, 4) is 0 Å². The van der Waals surface area contributed by atoms with Gasteiger partial charge in [0.05, 0.1) is 5.75 Å². The fourth-order valence-corrected chi connectivity index (χ4v) is 2.68. The van der Waals surface area contributed by atoms with Gasteiger partial charge in [-0.3, -0.25) is 4.55 Å². The van der Waals surface area contributed by atoms with E-state index in [1.165, 1.54) is 32.1 Å². The number of rotatable bonds is 11. The number of hydrogen-bond acceptors (Lipinski definition) is 3. The van der Waals surface area contributed by atoms with Gasteiger partial charge in [0, 0.05) is 6.04 Å². The summed E-state index contributed by atoms with van der Waals surface area (Å²) in [5.41, 5.74) is 0. The number of unbranched alkanes of at least 4 members (excludes halogenated alkanes) is 5. The Hall–Kier alpha value is -0.130. The van der Waals surface area contributed by atoms with E-state index in [0.717, 1.165) is 12.8 Å². The summed E-state index contributed by atoms with van der Waals surface area (Å²) in [6, 6.07) is 0.248. The Labute approximate surface area is 113 Å². The zero-order valence-corrected chi connectivity index (χ0v) is 12.9. The van der Waals surface area contributed by atoms with E-state index >= 15 is 0 Å². The van der Waals surface area contributed by atoms with Gasteiger partial charge in [-0.25, -0.2) is 0 Å². The SMILES string of the molecule is CCCCCCCCC(CCS(=O)(=O)O)N(C)C. The summed E-state index contributed by atoms with van der Waals surface area (Å²) in [5, 5.41) is 0. The molecule has 0 saturated carbocycles. The molecule has 18 heavy (non-hydrogen) atoms. The van der Waals surface area contributed by atoms with Crippen molar-refractivity contribution in [3.05, 3.63) is 0 Å². The smallest absolute Gasteiger partial charge is 0.264 e. The molecule has 1 atom stereocenters. The van der Waals surface area contributed by atoms with Crippen LogP contribution in [0.5, 0.6) is 0 Å². The zero-order chi connectivity index (χ0) is 14.0. The van der Waals surface area contributed by atoms with E-state index in [0.29, 0.717) is 6.42 Å². The molecule has 0 spiro atoms. The monoisotopic (exact) mass is 279 g/mol. The highest BCUT2D eigenvalue weighted by atomic mass is 32.2. The van der Waals surface area contributed by atoms with Crippen molar-refractivity contribution in [2.24, 2.45) is 0 Å². The first-order valence-electron chi connectivity index (χ1n) is 6.98. The van der Waals surface area contributed by atoms with Gasteiger partial charge in [0.1, 0.15) is 0 Å². The maximum Gasteiger partial charge on any atom is 0.264 e. The van der Waals surface area contributed by atoms with Crippen molar-refractivity contribution in [2.75, 3.05) is 19.8 Å². The van der Waals surface area contributed by atoms with Crippen LogP contribution in [0.15, 0.2) is 0 Å². The Morgan fingerprint density at radius 3 is 2.06 bits per heavy atom. The fourth-order valence-electron chi connectivity index (χ4n) is 2.11. The predicted molar refractivity (Wildman–Crippen MR) is 76.5 cm³/mol. The second-order valence-corrected chi connectivity index (χ2v) is 6.82. The van der Waals surface area contributed by atoms with Gasteiger partial charge >= 0.3 is 0 Å². The van der Waals surface area contributed by atoms with E-state index in [-0.39, 0.29) is 11.8 Å². The van der Waals surface area contributed by atoms with Crippen molar-refractivity contribution < 1.29 is 13.0 Å². The van der Waals surface area contributed by atoms with Crippen LogP contribution < -0.4 is 0 Å². The van der Waals surface area contributed by atoms with Crippen molar-refractivity contribution >= 4 is 10.1 Å². The molecule has 0 aliphatic heterocycles. The van der Waals surface area contributed by atoms with Crippen molar-refractivity contribution in [2.45, 2.75) is 64.3 Å². The van der Waals surface area contributed by atoms with Gasteiger partial charge in [0.15, 0.2) is 0 Å². The standard InChI is InChI=1S/C13H29NO3S/c1-4-5-6-7-8-9-10-13(14(2)3)11-12-18(15,16)17/h13H,4-12H2,1-3H3,(H,15,16,17). The third kappa shape index (κ3) is 11.0. The van der Waals surface area contributed by atoms with E-state index in [1.54, 1.807) is 0 Å². The van der Waals surface area contributed by atoms with Gasteiger partial charge in [0.2, 0.25) is 0 Å². The van der Waals surface area contributed by atoms with Gasteiger partial charge in [-0.2, -0.15) is 8.42 Å². The van der Waals surface area contributed by atoms with Crippen LogP contribution in [0.2, 0.25) is 0 Å². The summed E-state index contributed by atoms with van der Waals surface area (Å²) in [7, 11) is 0.106. The lowest BCUT2D eigenvalue weighted by molar-refractivity contribution is 0.264. The van der Waals surface area contributed by atoms with Crippen LogP contribution >= 0.6 is 0 Å². The topological polar surface area (TPSA) is 57.6 Å². The van der Waals surface area contributed by atoms with Gasteiger partial charge in [-0.1, -0.05) is 45.4 Å². The minimum Gasteiger partial charge on any atom is -0.306 e. The molecule has 110 valence electrons. The first kappa shape index (κ1) is 17.9. The lowest BCUT2D eigenvalue weighted by Crippen LogP contribution is -2.30. The summed E-state index contributed by atoms with van der Waals surface area (Å²) in [6.45, 7) is 2.21. The molecule has 0 heterocycles. The summed E-state index contributed by atoms with van der Waals surface area (Å²) in [6.07, 6.45) is 9.01. The summed E-state index contributed by atoms with van der Waals surface area (Å²) in [5.74, 6) is -0.133. The van der Waals surface area contributed by atoms with Crippen LogP contribution in [0.4, 0.5) is 0 Å². The van der Waals surface area contributed by atoms with E-state index in [2.05, 4.69) is 11.8 Å². The first-order valence-corrected chi connectivity index (χ1v) is 8.59. The molecule has 0 saturated heterocycles. The molecule has 0 amide bonds. The highest BCUT2D eigenvalue weighted by molar-refractivity contribution is 7.85. The van der Waals surface area contributed by atoms with Crippen LogP contribution in [0.25, 0.3) is 0 Å². The molecule has 0 radical (unpaired) electrons. The minimum atomic E-state index is -3.82. The molecule has 0 rings (SSSR count). The van der Waals surface area contributed by atoms with E-state index in [9.17, 15) is 8.42 Å². The Morgan fingerprint density at radius 2 is 1.56 bits per heavy atom. The highest BCUT2D eigenvalue weighted by Crippen LogP contribution is 2.13. The lowest BCUT2D eigenvalue weighted by Gasteiger charge is -2.23. The van der Waals surface area contributed by atoms with Crippen LogP contribution in [0.3, 0.4) is 0 Å². The molecule has 1 N–H and O–H groups in total. The van der Waals surface area contributed by atoms with Crippen LogP contribution in [0.1, 0.15) is 58.3 Å². The Balaban J connectivity index is 3.77. The summed E-state index contributed by atoms with van der Waals surface area (Å²) >= 11 is 0. The van der Waals surface area contributed by atoms with E-state index in [1.807, 2.05) is 14.1 Å². The Morgan fingerprint density at radius 1 is 1.00 bits per heavy atom.